The molecule has 0 aromatic carbocycles. The van der Waals surface area contributed by atoms with Crippen LogP contribution in [-0.2, 0) is 4.79 Å². The first-order chi connectivity index (χ1) is 13.3. The topological polar surface area (TPSA) is 77.5 Å². The van der Waals surface area contributed by atoms with Gasteiger partial charge in [0.1, 0.15) is 18.5 Å². The third-order valence-electron chi connectivity index (χ3n) is 5.90. The second-order valence-electron chi connectivity index (χ2n) is 8.71. The molecule has 1 amide bonds. The molecular weight excluding hydrogens is 371 g/mol. The van der Waals surface area contributed by atoms with Gasteiger partial charge >= 0.3 is 0 Å². The Labute approximate surface area is 164 Å². The van der Waals surface area contributed by atoms with Crippen molar-refractivity contribution in [3.05, 3.63) is 0 Å². The average Bonchev–Trinajstić information content (AvgIpc) is 3.03. The van der Waals surface area contributed by atoms with Crippen LogP contribution >= 0.6 is 0 Å². The summed E-state index contributed by atoms with van der Waals surface area (Å²) in [6, 6.07) is 0.179. The van der Waals surface area contributed by atoms with E-state index >= 15 is 0 Å². The molecule has 1 heterocycles. The molecule has 7 atom stereocenters. The maximum absolute atomic E-state index is 13.9. The number of carbonyl (C=O) groups is 1. The molecule has 0 radical (unpaired) electrons. The summed E-state index contributed by atoms with van der Waals surface area (Å²) in [6.07, 6.45) is -2.15. The van der Waals surface area contributed by atoms with Crippen LogP contribution < -0.4 is 21.5 Å². The van der Waals surface area contributed by atoms with Gasteiger partial charge in [-0.25, -0.2) is 18.6 Å². The van der Waals surface area contributed by atoms with Gasteiger partial charge in [0.05, 0.1) is 6.17 Å². The Morgan fingerprint density at radius 3 is 2.57 bits per heavy atom. The predicted octanol–water partition coefficient (Wildman–Crippen LogP) is 2.12. The van der Waals surface area contributed by atoms with Crippen LogP contribution in [0.5, 0.6) is 0 Å². The van der Waals surface area contributed by atoms with Gasteiger partial charge in [-0.2, -0.15) is 0 Å². The number of aliphatic imine (C=N–C) groups is 1. The lowest BCUT2D eigenvalue weighted by molar-refractivity contribution is -0.125. The molecule has 6 nitrogen and oxygen atoms in total. The lowest BCUT2D eigenvalue weighted by Crippen LogP contribution is -2.54. The van der Waals surface area contributed by atoms with E-state index < -0.39 is 24.4 Å². The van der Waals surface area contributed by atoms with E-state index in [1.54, 1.807) is 0 Å². The summed E-state index contributed by atoms with van der Waals surface area (Å²) in [5.41, 5.74) is 6.32. The molecule has 3 aliphatic rings. The summed E-state index contributed by atoms with van der Waals surface area (Å²) >= 11 is 0. The number of fused-ring (bicyclic) bond motifs is 1. The SMILES string of the molecule is CC(C)CN=C(NC(=O)C1CCC(F)C(F)C1)NC1NNC2CCC(F)CC21. The first-order valence-electron chi connectivity index (χ1n) is 10.4. The van der Waals surface area contributed by atoms with Gasteiger partial charge in [0.15, 0.2) is 5.96 Å². The summed E-state index contributed by atoms with van der Waals surface area (Å²) in [7, 11) is 0. The van der Waals surface area contributed by atoms with E-state index in [4.69, 9.17) is 0 Å². The molecule has 0 bridgehead atoms. The van der Waals surface area contributed by atoms with E-state index in [9.17, 15) is 18.0 Å². The summed E-state index contributed by atoms with van der Waals surface area (Å²) in [4.78, 5) is 17.1. The summed E-state index contributed by atoms with van der Waals surface area (Å²) < 4.78 is 40.9. The number of hydrogen-bond acceptors (Lipinski definition) is 4. The molecule has 1 aliphatic heterocycles. The maximum atomic E-state index is 13.9. The van der Waals surface area contributed by atoms with Gasteiger partial charge in [0.25, 0.3) is 0 Å². The highest BCUT2D eigenvalue weighted by Crippen LogP contribution is 2.31. The number of carbonyl (C=O) groups excluding carboxylic acids is 1. The highest BCUT2D eigenvalue weighted by Gasteiger charge is 2.41. The number of alkyl halides is 3. The number of rotatable bonds is 4. The standard InChI is InChI=1S/C19H32F3N5O/c1-10(2)9-23-19(25-18(28)11-3-5-14(21)15(22)7-11)24-17-13-8-12(20)4-6-16(13)26-27-17/h10-17,26-27H,3-9H2,1-2H3,(H2,23,24,25,28). The molecule has 28 heavy (non-hydrogen) atoms. The number of amides is 1. The third kappa shape index (κ3) is 5.37. The predicted molar refractivity (Wildman–Crippen MR) is 102 cm³/mol. The Bertz CT molecular complexity index is 576. The average molecular weight is 403 g/mol. The molecule has 0 aromatic heterocycles. The lowest BCUT2D eigenvalue weighted by atomic mass is 9.83. The van der Waals surface area contributed by atoms with E-state index in [0.29, 0.717) is 37.7 Å². The number of hydrogen-bond donors (Lipinski definition) is 4. The van der Waals surface area contributed by atoms with E-state index in [0.717, 1.165) is 6.42 Å². The molecule has 4 N–H and O–H groups in total. The Morgan fingerprint density at radius 1 is 1.07 bits per heavy atom. The lowest BCUT2D eigenvalue weighted by Gasteiger charge is -2.31. The molecular formula is C19H32F3N5O. The van der Waals surface area contributed by atoms with Crippen LogP contribution in [0.15, 0.2) is 4.99 Å². The van der Waals surface area contributed by atoms with E-state index in [1.807, 2.05) is 13.8 Å². The fourth-order valence-electron chi connectivity index (χ4n) is 4.22. The zero-order valence-corrected chi connectivity index (χ0v) is 16.6. The van der Waals surface area contributed by atoms with Crippen LogP contribution in [0.25, 0.3) is 0 Å². The van der Waals surface area contributed by atoms with Crippen LogP contribution in [0, 0.1) is 17.8 Å². The van der Waals surface area contributed by atoms with Gasteiger partial charge in [-0.05, 0) is 44.4 Å². The summed E-state index contributed by atoms with van der Waals surface area (Å²) in [5.74, 6) is -0.280. The van der Waals surface area contributed by atoms with Crippen LogP contribution in [0.1, 0.15) is 52.4 Å². The Kier molecular flexibility index (Phi) is 7.20. The van der Waals surface area contributed by atoms with Crippen molar-refractivity contribution in [2.24, 2.45) is 22.7 Å². The number of guanidine groups is 1. The molecule has 9 heteroatoms. The number of hydrazine groups is 1. The van der Waals surface area contributed by atoms with E-state index in [-0.39, 0.29) is 36.9 Å². The minimum atomic E-state index is -1.60. The second-order valence-corrected chi connectivity index (χ2v) is 8.71. The minimum Gasteiger partial charge on any atom is -0.339 e. The fourth-order valence-corrected chi connectivity index (χ4v) is 4.22. The largest absolute Gasteiger partial charge is 0.339 e. The Hall–Kier alpha value is -1.35. The molecule has 3 fully saturated rings. The Balaban J connectivity index is 1.62. The highest BCUT2D eigenvalue weighted by molar-refractivity contribution is 5.98. The van der Waals surface area contributed by atoms with Gasteiger partial charge in [0, 0.05) is 24.4 Å². The van der Waals surface area contributed by atoms with E-state index in [1.165, 1.54) is 0 Å². The van der Waals surface area contributed by atoms with Crippen molar-refractivity contribution < 1.29 is 18.0 Å². The van der Waals surface area contributed by atoms with Crippen LogP contribution in [0.2, 0.25) is 0 Å². The van der Waals surface area contributed by atoms with Crippen molar-refractivity contribution in [2.75, 3.05) is 6.54 Å². The fraction of sp³-hybridized carbons (Fsp3) is 0.895. The normalized spacial score (nSPS) is 38.9. The smallest absolute Gasteiger partial charge is 0.229 e. The zero-order chi connectivity index (χ0) is 20.3. The van der Waals surface area contributed by atoms with Gasteiger partial charge in [-0.1, -0.05) is 13.8 Å². The quantitative estimate of drug-likeness (QED) is 0.428. The van der Waals surface area contributed by atoms with Crippen molar-refractivity contribution in [2.45, 2.75) is 83.1 Å². The maximum Gasteiger partial charge on any atom is 0.229 e. The molecule has 0 spiro atoms. The van der Waals surface area contributed by atoms with Crippen LogP contribution in [0.3, 0.4) is 0 Å². The molecule has 1 saturated heterocycles. The zero-order valence-electron chi connectivity index (χ0n) is 16.6. The number of nitrogens with one attached hydrogen (secondary N) is 4. The molecule has 3 rings (SSSR count). The summed E-state index contributed by atoms with van der Waals surface area (Å²) in [6.45, 7) is 4.53. The minimum absolute atomic E-state index is 0.0436. The first-order valence-corrected chi connectivity index (χ1v) is 10.4. The third-order valence-corrected chi connectivity index (χ3v) is 5.90. The molecule has 2 saturated carbocycles. The van der Waals surface area contributed by atoms with Gasteiger partial charge in [-0.15, -0.1) is 0 Å². The molecule has 0 aromatic rings. The molecule has 160 valence electrons. The van der Waals surface area contributed by atoms with Gasteiger partial charge < -0.3 is 5.32 Å². The van der Waals surface area contributed by atoms with Crippen molar-refractivity contribution in [3.8, 4) is 0 Å². The van der Waals surface area contributed by atoms with Crippen LogP contribution in [0.4, 0.5) is 13.2 Å². The van der Waals surface area contributed by atoms with Crippen LogP contribution in [-0.4, -0.2) is 49.1 Å². The monoisotopic (exact) mass is 403 g/mol. The van der Waals surface area contributed by atoms with Crippen molar-refractivity contribution in [3.63, 3.8) is 0 Å². The van der Waals surface area contributed by atoms with Crippen molar-refractivity contribution in [1.29, 1.82) is 0 Å². The molecule has 2 aliphatic carbocycles. The van der Waals surface area contributed by atoms with Gasteiger partial charge in [0.2, 0.25) is 5.91 Å². The van der Waals surface area contributed by atoms with Crippen molar-refractivity contribution in [1.82, 2.24) is 21.5 Å². The van der Waals surface area contributed by atoms with Crippen molar-refractivity contribution >= 4 is 11.9 Å². The second kappa shape index (κ2) is 9.43. The van der Waals surface area contributed by atoms with E-state index in [2.05, 4.69) is 26.5 Å². The van der Waals surface area contributed by atoms with Gasteiger partial charge in [-0.3, -0.25) is 20.5 Å². The number of halogens is 3. The summed E-state index contributed by atoms with van der Waals surface area (Å²) in [5, 5.41) is 5.95. The Morgan fingerprint density at radius 2 is 1.86 bits per heavy atom. The molecule has 7 unspecified atom stereocenters. The highest BCUT2D eigenvalue weighted by atomic mass is 19.2. The number of nitrogens with zero attached hydrogens (tertiary/aromatic N) is 1. The first kappa shape index (κ1) is 21.4.